The fourth-order valence-corrected chi connectivity index (χ4v) is 2.65. The lowest BCUT2D eigenvalue weighted by molar-refractivity contribution is -0.120. The predicted octanol–water partition coefficient (Wildman–Crippen LogP) is 1.54. The fraction of sp³-hybridized carbons (Fsp3) is 0.615. The molecule has 0 radical (unpaired) electrons. The summed E-state index contributed by atoms with van der Waals surface area (Å²) in [5.41, 5.74) is 7.38. The van der Waals surface area contributed by atoms with Crippen molar-refractivity contribution in [3.05, 3.63) is 23.5 Å². The molecule has 3 N–H and O–H groups in total. The van der Waals surface area contributed by atoms with Crippen molar-refractivity contribution >= 4 is 5.91 Å². The molecule has 4 nitrogen and oxygen atoms in total. The fourth-order valence-electron chi connectivity index (χ4n) is 2.65. The Morgan fingerprint density at radius 3 is 2.88 bits per heavy atom. The van der Waals surface area contributed by atoms with Crippen molar-refractivity contribution in [1.82, 2.24) is 4.57 Å². The van der Waals surface area contributed by atoms with Crippen LogP contribution >= 0.6 is 0 Å². The summed E-state index contributed by atoms with van der Waals surface area (Å²) in [6, 6.07) is 1.54. The number of aromatic nitrogens is 1. The molecule has 4 heteroatoms. The molecule has 1 aromatic heterocycles. The van der Waals surface area contributed by atoms with Gasteiger partial charge in [-0.1, -0.05) is 13.8 Å². The molecule has 1 amide bonds. The van der Waals surface area contributed by atoms with E-state index in [0.717, 1.165) is 24.1 Å². The van der Waals surface area contributed by atoms with Gasteiger partial charge in [-0.2, -0.15) is 0 Å². The number of carbonyl (C=O) groups is 1. The number of rotatable bonds is 2. The molecule has 0 aliphatic heterocycles. The van der Waals surface area contributed by atoms with E-state index in [9.17, 15) is 9.90 Å². The van der Waals surface area contributed by atoms with Crippen LogP contribution in [0.5, 0.6) is 0 Å². The number of fused-ring (bicyclic) bond motifs is 1. The average Bonchev–Trinajstić information content (AvgIpc) is 2.58. The molecular formula is C13H20N2O2. The molecule has 1 heterocycles. The largest absolute Gasteiger partial charge is 0.388 e. The van der Waals surface area contributed by atoms with Crippen LogP contribution in [-0.4, -0.2) is 15.6 Å². The van der Waals surface area contributed by atoms with Crippen LogP contribution in [0.1, 0.15) is 50.6 Å². The van der Waals surface area contributed by atoms with Crippen LogP contribution in [0.25, 0.3) is 0 Å². The third-order valence-electron chi connectivity index (χ3n) is 3.64. The Bertz CT molecular complexity index is 448. The zero-order chi connectivity index (χ0) is 12.8. The Labute approximate surface area is 101 Å². The minimum Gasteiger partial charge on any atom is -0.388 e. The highest BCUT2D eigenvalue weighted by atomic mass is 16.3. The van der Waals surface area contributed by atoms with Crippen LogP contribution in [0.15, 0.2) is 12.3 Å². The van der Waals surface area contributed by atoms with Crippen LogP contribution < -0.4 is 5.73 Å². The topological polar surface area (TPSA) is 68.2 Å². The summed E-state index contributed by atoms with van der Waals surface area (Å²) in [6.45, 7) is 6.05. The molecule has 0 bridgehead atoms. The van der Waals surface area contributed by atoms with Gasteiger partial charge in [0.15, 0.2) is 0 Å². The van der Waals surface area contributed by atoms with Gasteiger partial charge >= 0.3 is 0 Å². The highest BCUT2D eigenvalue weighted by Crippen LogP contribution is 2.41. The van der Waals surface area contributed by atoms with Gasteiger partial charge in [-0.3, -0.25) is 4.79 Å². The van der Waals surface area contributed by atoms with Crippen molar-refractivity contribution in [2.75, 3.05) is 0 Å². The van der Waals surface area contributed by atoms with Gasteiger partial charge in [0, 0.05) is 17.5 Å². The second-order valence-electron chi connectivity index (χ2n) is 5.76. The van der Waals surface area contributed by atoms with Crippen molar-refractivity contribution in [2.45, 2.75) is 45.8 Å². The first kappa shape index (κ1) is 12.2. The van der Waals surface area contributed by atoms with E-state index in [1.165, 1.54) is 0 Å². The van der Waals surface area contributed by atoms with E-state index < -0.39 is 6.10 Å². The van der Waals surface area contributed by atoms with Crippen LogP contribution in [0.2, 0.25) is 0 Å². The van der Waals surface area contributed by atoms with Gasteiger partial charge in [0.25, 0.3) is 0 Å². The number of nitrogens with two attached hydrogens (primary N) is 1. The molecule has 94 valence electrons. The molecule has 2 unspecified atom stereocenters. The summed E-state index contributed by atoms with van der Waals surface area (Å²) < 4.78 is 1.89. The van der Waals surface area contributed by atoms with Gasteiger partial charge in [0.1, 0.15) is 6.04 Å². The van der Waals surface area contributed by atoms with Gasteiger partial charge < -0.3 is 15.4 Å². The lowest BCUT2D eigenvalue weighted by Crippen LogP contribution is -2.30. The van der Waals surface area contributed by atoms with E-state index in [1.54, 1.807) is 6.92 Å². The molecule has 0 saturated heterocycles. The third-order valence-corrected chi connectivity index (χ3v) is 3.64. The van der Waals surface area contributed by atoms with E-state index >= 15 is 0 Å². The standard InChI is InChI=1S/C13H20N2O2/c1-8(12(14)17)15-5-4-9-10(15)6-13(2,3)7-11(9)16/h4-5,8,11,16H,6-7H2,1-3H3,(H2,14,17). The first-order valence-corrected chi connectivity index (χ1v) is 5.99. The number of primary amides is 1. The molecule has 2 rings (SSSR count). The number of aliphatic hydroxyl groups excluding tert-OH is 1. The number of nitrogens with zero attached hydrogens (tertiary/aromatic N) is 1. The zero-order valence-corrected chi connectivity index (χ0v) is 10.6. The quantitative estimate of drug-likeness (QED) is 0.817. The van der Waals surface area contributed by atoms with Crippen molar-refractivity contribution in [3.63, 3.8) is 0 Å². The molecule has 0 aromatic carbocycles. The van der Waals surface area contributed by atoms with E-state index in [4.69, 9.17) is 5.73 Å². The maximum absolute atomic E-state index is 11.3. The zero-order valence-electron chi connectivity index (χ0n) is 10.6. The Kier molecular flexibility index (Phi) is 2.78. The monoisotopic (exact) mass is 236 g/mol. The Balaban J connectivity index is 2.44. The predicted molar refractivity (Wildman–Crippen MR) is 65.4 cm³/mol. The first-order chi connectivity index (χ1) is 7.82. The number of amides is 1. The van der Waals surface area contributed by atoms with Crippen LogP contribution in [0.4, 0.5) is 0 Å². The van der Waals surface area contributed by atoms with Gasteiger partial charge in [-0.05, 0) is 31.2 Å². The van der Waals surface area contributed by atoms with Gasteiger partial charge in [-0.25, -0.2) is 0 Å². The highest BCUT2D eigenvalue weighted by molar-refractivity contribution is 5.78. The van der Waals surface area contributed by atoms with Gasteiger partial charge in [0.05, 0.1) is 6.10 Å². The van der Waals surface area contributed by atoms with Crippen molar-refractivity contribution in [1.29, 1.82) is 0 Å². The van der Waals surface area contributed by atoms with Crippen molar-refractivity contribution in [2.24, 2.45) is 11.1 Å². The maximum atomic E-state index is 11.3. The van der Waals surface area contributed by atoms with E-state index in [0.29, 0.717) is 0 Å². The molecular weight excluding hydrogens is 216 g/mol. The Morgan fingerprint density at radius 2 is 2.29 bits per heavy atom. The number of hydrogen-bond acceptors (Lipinski definition) is 2. The summed E-state index contributed by atoms with van der Waals surface area (Å²) in [5, 5.41) is 10.1. The van der Waals surface area contributed by atoms with Gasteiger partial charge in [-0.15, -0.1) is 0 Å². The Morgan fingerprint density at radius 1 is 1.65 bits per heavy atom. The molecule has 1 aromatic rings. The van der Waals surface area contributed by atoms with Crippen LogP contribution in [-0.2, 0) is 11.2 Å². The third kappa shape index (κ3) is 2.09. The molecule has 0 spiro atoms. The second kappa shape index (κ2) is 3.88. The van der Waals surface area contributed by atoms with Crippen LogP contribution in [0, 0.1) is 5.41 Å². The minimum absolute atomic E-state index is 0.0554. The molecule has 1 aliphatic rings. The van der Waals surface area contributed by atoms with Crippen molar-refractivity contribution < 1.29 is 9.90 Å². The van der Waals surface area contributed by atoms with Crippen LogP contribution in [0.3, 0.4) is 0 Å². The lowest BCUT2D eigenvalue weighted by Gasteiger charge is -2.34. The summed E-state index contributed by atoms with van der Waals surface area (Å²) >= 11 is 0. The second-order valence-corrected chi connectivity index (χ2v) is 5.76. The molecule has 0 saturated carbocycles. The molecule has 2 atom stereocenters. The van der Waals surface area contributed by atoms with E-state index in [1.807, 2.05) is 16.8 Å². The van der Waals surface area contributed by atoms with Crippen molar-refractivity contribution in [3.8, 4) is 0 Å². The lowest BCUT2D eigenvalue weighted by atomic mass is 9.75. The number of hydrogen-bond donors (Lipinski definition) is 2. The minimum atomic E-state index is -0.435. The normalized spacial score (nSPS) is 24.1. The molecule has 1 aliphatic carbocycles. The van der Waals surface area contributed by atoms with E-state index in [-0.39, 0.29) is 17.4 Å². The maximum Gasteiger partial charge on any atom is 0.240 e. The Hall–Kier alpha value is -1.29. The summed E-state index contributed by atoms with van der Waals surface area (Å²) in [7, 11) is 0. The SMILES string of the molecule is CC(C(N)=O)n1ccc2c1CC(C)(C)CC2O. The highest BCUT2D eigenvalue weighted by Gasteiger charge is 2.34. The van der Waals surface area contributed by atoms with E-state index in [2.05, 4.69) is 13.8 Å². The number of aliphatic hydroxyl groups is 1. The molecule has 17 heavy (non-hydrogen) atoms. The summed E-state index contributed by atoms with van der Waals surface area (Å²) in [4.78, 5) is 11.3. The number of carbonyl (C=O) groups excluding carboxylic acids is 1. The smallest absolute Gasteiger partial charge is 0.240 e. The molecule has 0 fully saturated rings. The van der Waals surface area contributed by atoms with Gasteiger partial charge in [0.2, 0.25) is 5.91 Å². The average molecular weight is 236 g/mol. The first-order valence-electron chi connectivity index (χ1n) is 5.99. The summed E-state index contributed by atoms with van der Waals surface area (Å²) in [6.07, 6.45) is 3.04. The summed E-state index contributed by atoms with van der Waals surface area (Å²) in [5.74, 6) is -0.346.